The second-order valence-corrected chi connectivity index (χ2v) is 7.91. The van der Waals surface area contributed by atoms with Gasteiger partial charge < -0.3 is 10.6 Å². The zero-order valence-electron chi connectivity index (χ0n) is 14.9. The maximum absolute atomic E-state index is 12.7. The van der Waals surface area contributed by atoms with Crippen LogP contribution in [0.15, 0.2) is 70.9 Å². The Bertz CT molecular complexity index is 906. The standard InChI is InChI=1S/C21H20N2O2S2/c1-22-20(24)13-15-8-10-16(11-9-15)23-21(25)18-6-2-3-7-19(18)27-14-17-5-4-12-26-17/h2-12H,13-14H2,1H3,(H,22,24)(H,23,25). The summed E-state index contributed by atoms with van der Waals surface area (Å²) in [5.41, 5.74) is 2.27. The van der Waals surface area contributed by atoms with Crippen molar-refractivity contribution in [1.29, 1.82) is 0 Å². The van der Waals surface area contributed by atoms with E-state index in [-0.39, 0.29) is 11.8 Å². The first-order valence-electron chi connectivity index (χ1n) is 8.51. The molecule has 0 radical (unpaired) electrons. The first-order valence-corrected chi connectivity index (χ1v) is 10.4. The lowest BCUT2D eigenvalue weighted by Crippen LogP contribution is -2.19. The number of rotatable bonds is 7. The van der Waals surface area contributed by atoms with E-state index in [0.717, 1.165) is 16.2 Å². The maximum atomic E-state index is 12.7. The van der Waals surface area contributed by atoms with Crippen LogP contribution in [0.5, 0.6) is 0 Å². The minimum absolute atomic E-state index is 0.0384. The number of nitrogens with one attached hydrogen (secondary N) is 2. The van der Waals surface area contributed by atoms with E-state index in [0.29, 0.717) is 17.7 Å². The van der Waals surface area contributed by atoms with Crippen molar-refractivity contribution in [3.05, 3.63) is 82.0 Å². The molecule has 138 valence electrons. The molecule has 4 nitrogen and oxygen atoms in total. The minimum atomic E-state index is -0.136. The number of thiophene rings is 1. The third-order valence-electron chi connectivity index (χ3n) is 3.94. The number of likely N-dealkylation sites (N-methyl/N-ethyl adjacent to an activating group) is 1. The van der Waals surface area contributed by atoms with Gasteiger partial charge in [-0.2, -0.15) is 0 Å². The first-order chi connectivity index (χ1) is 13.2. The Morgan fingerprint density at radius 2 is 1.78 bits per heavy atom. The Balaban J connectivity index is 1.66. The van der Waals surface area contributed by atoms with E-state index in [2.05, 4.69) is 22.1 Å². The molecule has 27 heavy (non-hydrogen) atoms. The van der Waals surface area contributed by atoms with Crippen LogP contribution in [0.2, 0.25) is 0 Å². The Labute approximate surface area is 167 Å². The third-order valence-corrected chi connectivity index (χ3v) is 6.12. The van der Waals surface area contributed by atoms with Crippen LogP contribution in [0.4, 0.5) is 5.69 Å². The second-order valence-electron chi connectivity index (χ2n) is 5.87. The zero-order valence-corrected chi connectivity index (χ0v) is 16.5. The summed E-state index contributed by atoms with van der Waals surface area (Å²) in [5, 5.41) is 7.59. The smallest absolute Gasteiger partial charge is 0.256 e. The Kier molecular flexibility index (Phi) is 6.68. The van der Waals surface area contributed by atoms with Crippen molar-refractivity contribution in [3.8, 4) is 0 Å². The second kappa shape index (κ2) is 9.39. The highest BCUT2D eigenvalue weighted by Crippen LogP contribution is 2.28. The summed E-state index contributed by atoms with van der Waals surface area (Å²) in [5.74, 6) is 0.669. The minimum Gasteiger partial charge on any atom is -0.359 e. The van der Waals surface area contributed by atoms with Gasteiger partial charge in [0.25, 0.3) is 5.91 Å². The summed E-state index contributed by atoms with van der Waals surface area (Å²) in [6.45, 7) is 0. The van der Waals surface area contributed by atoms with Crippen LogP contribution in [0.3, 0.4) is 0 Å². The van der Waals surface area contributed by atoms with Crippen molar-refractivity contribution in [3.63, 3.8) is 0 Å². The number of hydrogen-bond acceptors (Lipinski definition) is 4. The molecule has 0 saturated carbocycles. The number of benzene rings is 2. The van der Waals surface area contributed by atoms with Gasteiger partial charge in [0.1, 0.15) is 0 Å². The molecule has 0 aliphatic heterocycles. The van der Waals surface area contributed by atoms with Crippen LogP contribution >= 0.6 is 23.1 Å². The summed E-state index contributed by atoms with van der Waals surface area (Å²) in [6, 6.07) is 19.1. The van der Waals surface area contributed by atoms with Gasteiger partial charge in [-0.05, 0) is 41.3 Å². The van der Waals surface area contributed by atoms with Gasteiger partial charge in [0.15, 0.2) is 0 Å². The van der Waals surface area contributed by atoms with E-state index >= 15 is 0 Å². The SMILES string of the molecule is CNC(=O)Cc1ccc(NC(=O)c2ccccc2SCc2cccs2)cc1. The van der Waals surface area contributed by atoms with Crippen molar-refractivity contribution >= 4 is 40.6 Å². The summed E-state index contributed by atoms with van der Waals surface area (Å²) in [7, 11) is 1.62. The Morgan fingerprint density at radius 3 is 2.48 bits per heavy atom. The lowest BCUT2D eigenvalue weighted by molar-refractivity contribution is -0.119. The number of thioether (sulfide) groups is 1. The van der Waals surface area contributed by atoms with Gasteiger partial charge >= 0.3 is 0 Å². The van der Waals surface area contributed by atoms with Gasteiger partial charge in [-0.1, -0.05) is 30.3 Å². The van der Waals surface area contributed by atoms with Crippen LogP contribution in [0.1, 0.15) is 20.8 Å². The summed E-state index contributed by atoms with van der Waals surface area (Å²) < 4.78 is 0. The van der Waals surface area contributed by atoms with Crippen molar-refractivity contribution in [2.75, 3.05) is 12.4 Å². The molecule has 2 N–H and O–H groups in total. The lowest BCUT2D eigenvalue weighted by Gasteiger charge is -2.10. The lowest BCUT2D eigenvalue weighted by atomic mass is 10.1. The summed E-state index contributed by atoms with van der Waals surface area (Å²) in [4.78, 5) is 26.4. The molecular weight excluding hydrogens is 376 g/mol. The normalized spacial score (nSPS) is 10.4. The molecule has 0 aliphatic rings. The number of hydrogen-bond donors (Lipinski definition) is 2. The molecule has 2 aromatic carbocycles. The molecular formula is C21H20N2O2S2. The zero-order chi connectivity index (χ0) is 19.1. The van der Waals surface area contributed by atoms with Crippen molar-refractivity contribution in [1.82, 2.24) is 5.32 Å². The van der Waals surface area contributed by atoms with Crippen LogP contribution in [-0.4, -0.2) is 18.9 Å². The average molecular weight is 397 g/mol. The fraction of sp³-hybridized carbons (Fsp3) is 0.143. The summed E-state index contributed by atoms with van der Waals surface area (Å²) >= 11 is 3.38. The van der Waals surface area contributed by atoms with Gasteiger partial charge in [0, 0.05) is 28.3 Å². The van der Waals surface area contributed by atoms with E-state index in [1.54, 1.807) is 30.1 Å². The third kappa shape index (κ3) is 5.45. The molecule has 1 heterocycles. The van der Waals surface area contributed by atoms with Crippen LogP contribution in [0, 0.1) is 0 Å². The molecule has 0 atom stereocenters. The molecule has 0 aliphatic carbocycles. The van der Waals surface area contributed by atoms with Crippen molar-refractivity contribution in [2.45, 2.75) is 17.1 Å². The van der Waals surface area contributed by atoms with Gasteiger partial charge in [-0.15, -0.1) is 23.1 Å². The monoisotopic (exact) mass is 396 g/mol. The maximum Gasteiger partial charge on any atom is 0.256 e. The molecule has 0 unspecified atom stereocenters. The highest BCUT2D eigenvalue weighted by atomic mass is 32.2. The van der Waals surface area contributed by atoms with Crippen molar-refractivity contribution in [2.24, 2.45) is 0 Å². The van der Waals surface area contributed by atoms with E-state index in [1.807, 2.05) is 54.6 Å². The summed E-state index contributed by atoms with van der Waals surface area (Å²) in [6.07, 6.45) is 0.326. The van der Waals surface area contributed by atoms with Crippen LogP contribution < -0.4 is 10.6 Å². The number of anilines is 1. The van der Waals surface area contributed by atoms with Crippen LogP contribution in [-0.2, 0) is 17.0 Å². The quantitative estimate of drug-likeness (QED) is 0.575. The van der Waals surface area contributed by atoms with E-state index in [9.17, 15) is 9.59 Å². The molecule has 6 heteroatoms. The fourth-order valence-electron chi connectivity index (χ4n) is 2.50. The van der Waals surface area contributed by atoms with E-state index < -0.39 is 0 Å². The van der Waals surface area contributed by atoms with E-state index in [1.165, 1.54) is 4.88 Å². The molecule has 0 saturated heterocycles. The van der Waals surface area contributed by atoms with Gasteiger partial charge in [-0.3, -0.25) is 9.59 Å². The fourth-order valence-corrected chi connectivity index (χ4v) is 4.32. The first kappa shape index (κ1) is 19.2. The topological polar surface area (TPSA) is 58.2 Å². The molecule has 3 aromatic rings. The predicted molar refractivity (Wildman–Crippen MR) is 112 cm³/mol. The van der Waals surface area contributed by atoms with Gasteiger partial charge in [0.2, 0.25) is 5.91 Å². The molecule has 1 aromatic heterocycles. The largest absolute Gasteiger partial charge is 0.359 e. The Morgan fingerprint density at radius 1 is 1.00 bits per heavy atom. The average Bonchev–Trinajstić information content (AvgIpc) is 3.21. The van der Waals surface area contributed by atoms with Crippen LogP contribution in [0.25, 0.3) is 0 Å². The van der Waals surface area contributed by atoms with Gasteiger partial charge in [-0.25, -0.2) is 0 Å². The number of carbonyl (C=O) groups excluding carboxylic acids is 2. The molecule has 2 amide bonds. The van der Waals surface area contributed by atoms with Crippen molar-refractivity contribution < 1.29 is 9.59 Å². The highest BCUT2D eigenvalue weighted by molar-refractivity contribution is 7.98. The molecule has 0 bridgehead atoms. The molecule has 0 fully saturated rings. The van der Waals surface area contributed by atoms with E-state index in [4.69, 9.17) is 0 Å². The Hall–Kier alpha value is -2.57. The number of amides is 2. The molecule has 0 spiro atoms. The molecule has 3 rings (SSSR count). The van der Waals surface area contributed by atoms with Gasteiger partial charge in [0.05, 0.1) is 12.0 Å². The number of carbonyl (C=O) groups is 2. The predicted octanol–water partition coefficient (Wildman–Crippen LogP) is 4.58. The highest BCUT2D eigenvalue weighted by Gasteiger charge is 2.12.